The van der Waals surface area contributed by atoms with E-state index in [0.717, 1.165) is 38.3 Å². The van der Waals surface area contributed by atoms with Crippen LogP contribution in [0.2, 0.25) is 0 Å². The van der Waals surface area contributed by atoms with E-state index < -0.39 is 5.54 Å². The van der Waals surface area contributed by atoms with Gasteiger partial charge in [0.25, 0.3) is 5.91 Å². The van der Waals surface area contributed by atoms with E-state index in [1.54, 1.807) is 4.90 Å². The third-order valence-electron chi connectivity index (χ3n) is 5.87. The first-order chi connectivity index (χ1) is 10.6. The number of nitrogens with zero attached hydrogens (tertiary/aromatic N) is 1. The van der Waals surface area contributed by atoms with Crippen molar-refractivity contribution < 1.29 is 4.79 Å². The van der Waals surface area contributed by atoms with E-state index in [0.29, 0.717) is 11.0 Å². The fraction of sp³-hybridized carbons (Fsp3) is 0.882. The normalized spacial score (nSPS) is 33.5. The maximum Gasteiger partial charge on any atom is 0.254 e. The minimum atomic E-state index is -0.431. The first kappa shape index (κ1) is 16.2. The van der Waals surface area contributed by atoms with Gasteiger partial charge in [0.15, 0.2) is 5.11 Å². The van der Waals surface area contributed by atoms with Crippen LogP contribution in [0.1, 0.15) is 57.8 Å². The van der Waals surface area contributed by atoms with Crippen molar-refractivity contribution in [1.82, 2.24) is 15.5 Å². The molecule has 0 radical (unpaired) electrons. The molecule has 5 heteroatoms. The second-order valence-electron chi connectivity index (χ2n) is 7.48. The first-order valence-corrected chi connectivity index (χ1v) is 9.32. The molecule has 3 rings (SSSR count). The smallest absolute Gasteiger partial charge is 0.254 e. The van der Waals surface area contributed by atoms with Gasteiger partial charge in [-0.2, -0.15) is 0 Å². The fourth-order valence-electron chi connectivity index (χ4n) is 4.47. The predicted octanol–water partition coefficient (Wildman–Crippen LogP) is 2.43. The van der Waals surface area contributed by atoms with Crippen LogP contribution < -0.4 is 10.6 Å². The molecule has 0 bridgehead atoms. The van der Waals surface area contributed by atoms with E-state index in [9.17, 15) is 4.79 Å². The molecular weight excluding hydrogens is 294 g/mol. The Balaban J connectivity index is 1.68. The Hall–Kier alpha value is -0.680. The minimum Gasteiger partial charge on any atom is -0.348 e. The van der Waals surface area contributed by atoms with Crippen molar-refractivity contribution in [3.05, 3.63) is 0 Å². The molecule has 124 valence electrons. The topological polar surface area (TPSA) is 44.4 Å². The number of thiocarbonyl (C=S) groups is 1. The lowest BCUT2D eigenvalue weighted by Gasteiger charge is -2.32. The van der Waals surface area contributed by atoms with Crippen molar-refractivity contribution >= 4 is 23.2 Å². The number of rotatable bonds is 5. The Morgan fingerprint density at radius 3 is 2.59 bits per heavy atom. The van der Waals surface area contributed by atoms with Gasteiger partial charge in [0.2, 0.25) is 0 Å². The number of likely N-dealkylation sites (N-methyl/N-ethyl adjacent to an activating group) is 1. The van der Waals surface area contributed by atoms with Gasteiger partial charge in [-0.05, 0) is 62.8 Å². The number of carbonyl (C=O) groups excluding carboxylic acids is 1. The number of nitrogens with one attached hydrogen (secondary N) is 2. The highest BCUT2D eigenvalue weighted by Gasteiger charge is 2.49. The van der Waals surface area contributed by atoms with E-state index in [1.165, 1.54) is 38.5 Å². The van der Waals surface area contributed by atoms with Gasteiger partial charge in [-0.25, -0.2) is 0 Å². The summed E-state index contributed by atoms with van der Waals surface area (Å²) in [5, 5.41) is 7.44. The van der Waals surface area contributed by atoms with Crippen LogP contribution in [0.25, 0.3) is 0 Å². The largest absolute Gasteiger partial charge is 0.348 e. The van der Waals surface area contributed by atoms with Crippen molar-refractivity contribution in [2.45, 2.75) is 63.3 Å². The highest BCUT2D eigenvalue weighted by atomic mass is 32.1. The Morgan fingerprint density at radius 2 is 2.00 bits per heavy atom. The van der Waals surface area contributed by atoms with Crippen LogP contribution in [-0.4, -0.2) is 41.6 Å². The van der Waals surface area contributed by atoms with Gasteiger partial charge in [0.1, 0.15) is 5.54 Å². The molecule has 2 heterocycles. The zero-order valence-electron chi connectivity index (χ0n) is 13.7. The highest BCUT2D eigenvalue weighted by molar-refractivity contribution is 7.80. The SMILES string of the molecule is CN1C(=O)C(CCC2CCCCC2)(C[C@@H]2CCNC2)NC1=S. The fourth-order valence-corrected chi connectivity index (χ4v) is 4.75. The first-order valence-electron chi connectivity index (χ1n) is 8.92. The molecular formula is C17H29N3OS. The maximum absolute atomic E-state index is 12.9. The molecule has 22 heavy (non-hydrogen) atoms. The molecule has 0 aromatic rings. The van der Waals surface area contributed by atoms with Crippen LogP contribution in [0.3, 0.4) is 0 Å². The Morgan fingerprint density at radius 1 is 1.23 bits per heavy atom. The van der Waals surface area contributed by atoms with Gasteiger partial charge in [0, 0.05) is 7.05 Å². The van der Waals surface area contributed by atoms with Gasteiger partial charge in [-0.15, -0.1) is 0 Å². The minimum absolute atomic E-state index is 0.195. The molecule has 0 aromatic heterocycles. The van der Waals surface area contributed by atoms with Crippen LogP contribution in [0.15, 0.2) is 0 Å². The van der Waals surface area contributed by atoms with Crippen LogP contribution in [0, 0.1) is 11.8 Å². The predicted molar refractivity (Wildman–Crippen MR) is 92.6 cm³/mol. The molecule has 4 nitrogen and oxygen atoms in total. The molecule has 1 unspecified atom stereocenters. The van der Waals surface area contributed by atoms with Crippen molar-refractivity contribution in [2.24, 2.45) is 11.8 Å². The van der Waals surface area contributed by atoms with Crippen molar-refractivity contribution in [3.63, 3.8) is 0 Å². The van der Waals surface area contributed by atoms with Gasteiger partial charge < -0.3 is 10.6 Å². The van der Waals surface area contributed by atoms with Gasteiger partial charge in [0.05, 0.1) is 0 Å². The molecule has 1 aliphatic carbocycles. The summed E-state index contributed by atoms with van der Waals surface area (Å²) in [6.45, 7) is 2.12. The molecule has 1 amide bonds. The average molecular weight is 324 g/mol. The quantitative estimate of drug-likeness (QED) is 0.763. The average Bonchev–Trinajstić information content (AvgIpc) is 3.11. The monoisotopic (exact) mass is 323 g/mol. The molecule has 0 spiro atoms. The van der Waals surface area contributed by atoms with Crippen molar-refractivity contribution in [2.75, 3.05) is 20.1 Å². The van der Waals surface area contributed by atoms with E-state index in [-0.39, 0.29) is 5.91 Å². The van der Waals surface area contributed by atoms with Crippen LogP contribution >= 0.6 is 12.2 Å². The number of hydrogen-bond acceptors (Lipinski definition) is 3. The Bertz CT molecular complexity index is 430. The van der Waals surface area contributed by atoms with Crippen molar-refractivity contribution in [3.8, 4) is 0 Å². The summed E-state index contributed by atoms with van der Waals surface area (Å²) in [6, 6.07) is 0. The van der Waals surface area contributed by atoms with Gasteiger partial charge in [-0.3, -0.25) is 9.69 Å². The summed E-state index contributed by atoms with van der Waals surface area (Å²) in [6.07, 6.45) is 11.0. The maximum atomic E-state index is 12.9. The molecule has 2 aliphatic heterocycles. The number of hydrogen-bond donors (Lipinski definition) is 2. The van der Waals surface area contributed by atoms with Crippen LogP contribution in [0.5, 0.6) is 0 Å². The number of amides is 1. The molecule has 1 saturated carbocycles. The molecule has 2 atom stereocenters. The summed E-state index contributed by atoms with van der Waals surface area (Å²) < 4.78 is 0. The zero-order chi connectivity index (χ0) is 15.6. The van der Waals surface area contributed by atoms with Gasteiger partial charge >= 0.3 is 0 Å². The second kappa shape index (κ2) is 6.83. The summed E-state index contributed by atoms with van der Waals surface area (Å²) in [5.41, 5.74) is -0.431. The molecule has 0 aromatic carbocycles. The second-order valence-corrected chi connectivity index (χ2v) is 7.87. The lowest BCUT2D eigenvalue weighted by atomic mass is 9.78. The van der Waals surface area contributed by atoms with E-state index in [4.69, 9.17) is 12.2 Å². The summed E-state index contributed by atoms with van der Waals surface area (Å²) >= 11 is 5.36. The summed E-state index contributed by atoms with van der Waals surface area (Å²) in [4.78, 5) is 14.5. The van der Waals surface area contributed by atoms with Gasteiger partial charge in [-0.1, -0.05) is 32.1 Å². The molecule has 2 N–H and O–H groups in total. The molecule has 2 saturated heterocycles. The third kappa shape index (κ3) is 3.30. The van der Waals surface area contributed by atoms with Crippen molar-refractivity contribution in [1.29, 1.82) is 0 Å². The van der Waals surface area contributed by atoms with E-state index in [2.05, 4.69) is 10.6 Å². The molecule has 3 fully saturated rings. The van der Waals surface area contributed by atoms with E-state index >= 15 is 0 Å². The Labute approximate surface area is 139 Å². The Kier molecular flexibility index (Phi) is 5.03. The van der Waals surface area contributed by atoms with E-state index in [1.807, 2.05) is 7.05 Å². The summed E-state index contributed by atoms with van der Waals surface area (Å²) in [5.74, 6) is 1.60. The van der Waals surface area contributed by atoms with Crippen LogP contribution in [0.4, 0.5) is 0 Å². The van der Waals surface area contributed by atoms with Crippen LogP contribution in [-0.2, 0) is 4.79 Å². The number of carbonyl (C=O) groups is 1. The zero-order valence-corrected chi connectivity index (χ0v) is 14.5. The third-order valence-corrected chi connectivity index (χ3v) is 6.24. The summed E-state index contributed by atoms with van der Waals surface area (Å²) in [7, 11) is 1.81. The highest BCUT2D eigenvalue weighted by Crippen LogP contribution is 2.35. The lowest BCUT2D eigenvalue weighted by molar-refractivity contribution is -0.131. The standard InChI is InChI=1S/C17H29N3OS/c1-20-15(21)17(19-16(20)22,11-14-8-10-18-12-14)9-7-13-5-3-2-4-6-13/h13-14,18H,2-12H2,1H3,(H,19,22)/t14-,17?/m0/s1. The molecule has 3 aliphatic rings. The lowest BCUT2D eigenvalue weighted by Crippen LogP contribution is -2.49.